The van der Waals surface area contributed by atoms with Crippen molar-refractivity contribution < 1.29 is 19.1 Å². The van der Waals surface area contributed by atoms with Crippen molar-refractivity contribution in [1.29, 1.82) is 0 Å². The molecule has 3 aromatic rings. The molecule has 1 aromatic heterocycles. The summed E-state index contributed by atoms with van der Waals surface area (Å²) in [6.45, 7) is 7.86. The third-order valence-electron chi connectivity index (χ3n) is 4.24. The number of thiophene rings is 1. The van der Waals surface area contributed by atoms with Crippen molar-refractivity contribution in [1.82, 2.24) is 0 Å². The molecule has 0 bridgehead atoms. The van der Waals surface area contributed by atoms with E-state index in [2.05, 4.69) is 11.4 Å². The van der Waals surface area contributed by atoms with E-state index < -0.39 is 5.97 Å². The average molecular weight is 397 g/mol. The fraction of sp³-hybridized carbons (Fsp3) is 0.273. The van der Waals surface area contributed by atoms with Gasteiger partial charge in [-0.25, -0.2) is 4.79 Å². The molecule has 146 valence electrons. The lowest BCUT2D eigenvalue weighted by Gasteiger charge is -2.11. The van der Waals surface area contributed by atoms with Gasteiger partial charge in [-0.15, -0.1) is 11.3 Å². The first-order valence-electron chi connectivity index (χ1n) is 9.09. The lowest BCUT2D eigenvalue weighted by atomic mass is 10.1. The van der Waals surface area contributed by atoms with E-state index in [9.17, 15) is 9.59 Å². The maximum absolute atomic E-state index is 12.5. The van der Waals surface area contributed by atoms with Gasteiger partial charge in [-0.05, 0) is 31.9 Å². The number of aryl methyl sites for hydroxylation is 2. The largest absolute Gasteiger partial charge is 0.487 e. The summed E-state index contributed by atoms with van der Waals surface area (Å²) in [5.74, 6) is 0.0215. The Balaban J connectivity index is 2.06. The normalized spacial score (nSPS) is 10.7. The first-order valence-corrected chi connectivity index (χ1v) is 9.91. The van der Waals surface area contributed by atoms with Crippen molar-refractivity contribution in [2.75, 3.05) is 11.9 Å². The van der Waals surface area contributed by atoms with Gasteiger partial charge in [0, 0.05) is 12.3 Å². The molecule has 0 aliphatic heterocycles. The van der Waals surface area contributed by atoms with Crippen LogP contribution in [0.1, 0.15) is 40.9 Å². The van der Waals surface area contributed by atoms with Crippen LogP contribution in [0.15, 0.2) is 36.4 Å². The molecular weight excluding hydrogens is 374 g/mol. The number of esters is 1. The average Bonchev–Trinajstić information content (AvgIpc) is 2.98. The second-order valence-electron chi connectivity index (χ2n) is 6.57. The van der Waals surface area contributed by atoms with Gasteiger partial charge >= 0.3 is 5.97 Å². The predicted octanol–water partition coefficient (Wildman–Crippen LogP) is 5.23. The molecule has 1 amide bonds. The Hall–Kier alpha value is -2.86. The molecule has 28 heavy (non-hydrogen) atoms. The van der Waals surface area contributed by atoms with E-state index in [1.165, 1.54) is 23.8 Å². The molecule has 5 nitrogen and oxygen atoms in total. The minimum atomic E-state index is -0.453. The predicted molar refractivity (Wildman–Crippen MR) is 112 cm³/mol. The standard InChI is InChI=1S/C22H23NO4S/c1-5-26-22(25)18-17-10-9-14(3)19(20(17)28-21(18)23-15(4)24)27-12-16-8-6-7-13(2)11-16/h6-11H,5,12H2,1-4H3,(H,23,24). The van der Waals surface area contributed by atoms with E-state index in [-0.39, 0.29) is 12.5 Å². The molecule has 2 aromatic carbocycles. The van der Waals surface area contributed by atoms with Gasteiger partial charge in [0.25, 0.3) is 0 Å². The summed E-state index contributed by atoms with van der Waals surface area (Å²) in [5, 5.41) is 3.95. The van der Waals surface area contributed by atoms with E-state index in [1.54, 1.807) is 6.92 Å². The SMILES string of the molecule is CCOC(=O)c1c(NC(C)=O)sc2c(OCc3cccc(C)c3)c(C)ccc12. The van der Waals surface area contributed by atoms with Crippen LogP contribution in [-0.2, 0) is 16.1 Å². The fourth-order valence-electron chi connectivity index (χ4n) is 3.03. The maximum atomic E-state index is 12.5. The van der Waals surface area contributed by atoms with Crippen LogP contribution in [0.4, 0.5) is 5.00 Å². The van der Waals surface area contributed by atoms with Gasteiger partial charge in [-0.2, -0.15) is 0 Å². The molecule has 3 rings (SSSR count). The Morgan fingerprint density at radius 1 is 1.14 bits per heavy atom. The number of hydrogen-bond donors (Lipinski definition) is 1. The van der Waals surface area contributed by atoms with Crippen LogP contribution in [0.25, 0.3) is 10.1 Å². The first kappa shape index (κ1) is 19.9. The zero-order valence-corrected chi connectivity index (χ0v) is 17.2. The Morgan fingerprint density at radius 3 is 2.61 bits per heavy atom. The third kappa shape index (κ3) is 4.17. The summed E-state index contributed by atoms with van der Waals surface area (Å²) in [6.07, 6.45) is 0. The molecule has 0 aliphatic carbocycles. The van der Waals surface area contributed by atoms with E-state index in [4.69, 9.17) is 9.47 Å². The van der Waals surface area contributed by atoms with Crippen molar-refractivity contribution in [2.45, 2.75) is 34.3 Å². The zero-order chi connectivity index (χ0) is 20.3. The van der Waals surface area contributed by atoms with Crippen LogP contribution in [0.5, 0.6) is 5.75 Å². The van der Waals surface area contributed by atoms with E-state index >= 15 is 0 Å². The van der Waals surface area contributed by atoms with Crippen LogP contribution in [0, 0.1) is 13.8 Å². The van der Waals surface area contributed by atoms with Gasteiger partial charge in [0.15, 0.2) is 0 Å². The Labute approximate surface area is 168 Å². The van der Waals surface area contributed by atoms with Crippen molar-refractivity contribution in [2.24, 2.45) is 0 Å². The molecule has 0 fully saturated rings. The topological polar surface area (TPSA) is 64.6 Å². The second kappa shape index (κ2) is 8.44. The summed E-state index contributed by atoms with van der Waals surface area (Å²) in [7, 11) is 0. The number of carbonyl (C=O) groups excluding carboxylic acids is 2. The number of carbonyl (C=O) groups is 2. The summed E-state index contributed by atoms with van der Waals surface area (Å²) in [4.78, 5) is 24.2. The van der Waals surface area contributed by atoms with Gasteiger partial charge in [-0.3, -0.25) is 4.79 Å². The van der Waals surface area contributed by atoms with Gasteiger partial charge in [0.05, 0.1) is 11.3 Å². The van der Waals surface area contributed by atoms with E-state index in [0.29, 0.717) is 22.9 Å². The van der Waals surface area contributed by atoms with Crippen LogP contribution >= 0.6 is 11.3 Å². The number of hydrogen-bond acceptors (Lipinski definition) is 5. The number of amides is 1. The lowest BCUT2D eigenvalue weighted by Crippen LogP contribution is -2.10. The molecule has 0 spiro atoms. The molecule has 0 radical (unpaired) electrons. The van der Waals surface area contributed by atoms with Gasteiger partial charge < -0.3 is 14.8 Å². The number of nitrogens with one attached hydrogen (secondary N) is 1. The molecule has 0 unspecified atom stereocenters. The Kier molecular flexibility index (Phi) is 5.99. The lowest BCUT2D eigenvalue weighted by molar-refractivity contribution is -0.114. The Morgan fingerprint density at radius 2 is 1.93 bits per heavy atom. The highest BCUT2D eigenvalue weighted by Gasteiger charge is 2.23. The van der Waals surface area contributed by atoms with Gasteiger partial charge in [0.2, 0.25) is 5.91 Å². The summed E-state index contributed by atoms with van der Waals surface area (Å²) in [5.41, 5.74) is 3.58. The molecule has 1 N–H and O–H groups in total. The molecule has 6 heteroatoms. The quantitative estimate of drug-likeness (QED) is 0.578. The van der Waals surface area contributed by atoms with Crippen molar-refractivity contribution in [3.05, 3.63) is 58.7 Å². The highest BCUT2D eigenvalue weighted by atomic mass is 32.1. The smallest absolute Gasteiger partial charge is 0.341 e. The summed E-state index contributed by atoms with van der Waals surface area (Å²) < 4.78 is 12.2. The number of benzene rings is 2. The molecule has 0 saturated carbocycles. The van der Waals surface area contributed by atoms with Gasteiger partial charge in [-0.1, -0.05) is 42.0 Å². The van der Waals surface area contributed by atoms with Crippen LogP contribution < -0.4 is 10.1 Å². The van der Waals surface area contributed by atoms with E-state index in [1.807, 2.05) is 44.2 Å². The molecule has 0 saturated heterocycles. The monoisotopic (exact) mass is 397 g/mol. The minimum absolute atomic E-state index is 0.240. The number of rotatable bonds is 6. The molecule has 0 atom stereocenters. The van der Waals surface area contributed by atoms with E-state index in [0.717, 1.165) is 21.2 Å². The highest BCUT2D eigenvalue weighted by Crippen LogP contribution is 2.43. The molecule has 1 heterocycles. The van der Waals surface area contributed by atoms with Crippen molar-refractivity contribution in [3.8, 4) is 5.75 Å². The molecular formula is C22H23NO4S. The molecule has 0 aliphatic rings. The number of anilines is 1. The Bertz CT molecular complexity index is 1040. The van der Waals surface area contributed by atoms with Crippen molar-refractivity contribution in [3.63, 3.8) is 0 Å². The van der Waals surface area contributed by atoms with Gasteiger partial charge in [0.1, 0.15) is 22.9 Å². The minimum Gasteiger partial charge on any atom is -0.487 e. The fourth-order valence-corrected chi connectivity index (χ4v) is 4.31. The first-order chi connectivity index (χ1) is 13.4. The second-order valence-corrected chi connectivity index (χ2v) is 7.59. The maximum Gasteiger partial charge on any atom is 0.341 e. The van der Waals surface area contributed by atoms with Crippen LogP contribution in [0.2, 0.25) is 0 Å². The summed E-state index contributed by atoms with van der Waals surface area (Å²) in [6, 6.07) is 11.9. The highest BCUT2D eigenvalue weighted by molar-refractivity contribution is 7.23. The number of ether oxygens (including phenoxy) is 2. The van der Waals surface area contributed by atoms with Crippen LogP contribution in [-0.4, -0.2) is 18.5 Å². The summed E-state index contributed by atoms with van der Waals surface area (Å²) >= 11 is 1.33. The third-order valence-corrected chi connectivity index (χ3v) is 5.36. The van der Waals surface area contributed by atoms with Crippen LogP contribution in [0.3, 0.4) is 0 Å². The zero-order valence-electron chi connectivity index (χ0n) is 16.4. The van der Waals surface area contributed by atoms with Crippen molar-refractivity contribution >= 4 is 38.3 Å². The number of fused-ring (bicyclic) bond motifs is 1.